The van der Waals surface area contributed by atoms with Crippen molar-refractivity contribution in [2.45, 2.75) is 25.7 Å². The van der Waals surface area contributed by atoms with E-state index >= 15 is 0 Å². The van der Waals surface area contributed by atoms with Gasteiger partial charge in [0.15, 0.2) is 0 Å². The Morgan fingerprint density at radius 2 is 2.10 bits per heavy atom. The second-order valence-corrected chi connectivity index (χ2v) is 5.46. The third kappa shape index (κ3) is 4.60. The van der Waals surface area contributed by atoms with Crippen LogP contribution >= 0.6 is 0 Å². The van der Waals surface area contributed by atoms with E-state index < -0.39 is 0 Å². The maximum Gasteiger partial charge on any atom is 0.254 e. The molecule has 116 valence electrons. The molecule has 2 rings (SSSR count). The Hall–Kier alpha value is -1.82. The van der Waals surface area contributed by atoms with E-state index in [4.69, 9.17) is 4.42 Å². The lowest BCUT2D eigenvalue weighted by Crippen LogP contribution is -2.34. The van der Waals surface area contributed by atoms with Crippen molar-refractivity contribution in [2.75, 3.05) is 19.7 Å². The van der Waals surface area contributed by atoms with Crippen LogP contribution in [0, 0.1) is 11.8 Å². The summed E-state index contributed by atoms with van der Waals surface area (Å²) in [5.41, 5.74) is 0.451. The van der Waals surface area contributed by atoms with Gasteiger partial charge in [0, 0.05) is 26.1 Å². The first-order valence-corrected chi connectivity index (χ1v) is 7.38. The molecule has 2 amide bonds. The van der Waals surface area contributed by atoms with E-state index in [1.54, 1.807) is 6.07 Å². The van der Waals surface area contributed by atoms with E-state index in [-0.39, 0.29) is 24.8 Å². The lowest BCUT2D eigenvalue weighted by Gasteiger charge is -2.17. The number of carbonyl (C=O) groups excluding carboxylic acids is 2. The summed E-state index contributed by atoms with van der Waals surface area (Å²) in [6, 6.07) is 1.57. The van der Waals surface area contributed by atoms with Crippen molar-refractivity contribution in [1.29, 1.82) is 0 Å². The molecule has 1 fully saturated rings. The molecule has 1 aliphatic rings. The third-order valence-electron chi connectivity index (χ3n) is 4.03. The average molecular weight is 294 g/mol. The summed E-state index contributed by atoms with van der Waals surface area (Å²) in [6.45, 7) is 1.10. The largest absolute Gasteiger partial charge is 0.472 e. The van der Waals surface area contributed by atoms with E-state index in [2.05, 4.69) is 10.6 Å². The summed E-state index contributed by atoms with van der Waals surface area (Å²) >= 11 is 0. The molecule has 1 saturated carbocycles. The molecule has 0 aliphatic heterocycles. The van der Waals surface area contributed by atoms with Crippen molar-refractivity contribution < 1.29 is 19.1 Å². The monoisotopic (exact) mass is 294 g/mol. The minimum absolute atomic E-state index is 0.0777. The van der Waals surface area contributed by atoms with E-state index in [0.29, 0.717) is 30.5 Å². The molecule has 0 bridgehead atoms. The molecule has 0 aromatic carbocycles. The minimum atomic E-state index is -0.243. The summed E-state index contributed by atoms with van der Waals surface area (Å²) in [5.74, 6) is 0.365. The smallest absolute Gasteiger partial charge is 0.254 e. The van der Waals surface area contributed by atoms with Gasteiger partial charge in [0.05, 0.1) is 11.8 Å². The number of hydrogen-bond acceptors (Lipinski definition) is 4. The summed E-state index contributed by atoms with van der Waals surface area (Å²) in [4.78, 5) is 23.3. The fourth-order valence-corrected chi connectivity index (χ4v) is 2.74. The maximum atomic E-state index is 11.7. The number of rotatable bonds is 7. The van der Waals surface area contributed by atoms with Gasteiger partial charge in [-0.05, 0) is 30.7 Å². The molecule has 0 saturated heterocycles. The molecule has 2 atom stereocenters. The zero-order chi connectivity index (χ0) is 15.1. The number of aliphatic hydroxyl groups excluding tert-OH is 1. The molecular weight excluding hydrogens is 272 g/mol. The van der Waals surface area contributed by atoms with Crippen LogP contribution in [0.1, 0.15) is 36.0 Å². The standard InChI is InChI=1S/C15H22N2O4/c18-9-12-3-1-2-11(12)8-17-14(19)4-6-16-15(20)13-5-7-21-10-13/h5,7,10-12,18H,1-4,6,8-9H2,(H,16,20)(H,17,19). The second-order valence-electron chi connectivity index (χ2n) is 5.46. The van der Waals surface area contributed by atoms with E-state index in [1.807, 2.05) is 0 Å². The van der Waals surface area contributed by atoms with Crippen LogP contribution in [0.2, 0.25) is 0 Å². The summed E-state index contributed by atoms with van der Waals surface area (Å²) in [7, 11) is 0. The Bertz CT molecular complexity index is 458. The molecule has 6 heteroatoms. The number of amides is 2. The van der Waals surface area contributed by atoms with Crippen LogP contribution in [0.25, 0.3) is 0 Å². The summed E-state index contributed by atoms with van der Waals surface area (Å²) in [6.07, 6.45) is 6.26. The van der Waals surface area contributed by atoms with Gasteiger partial charge in [-0.25, -0.2) is 0 Å². The molecule has 3 N–H and O–H groups in total. The van der Waals surface area contributed by atoms with Gasteiger partial charge >= 0.3 is 0 Å². The molecule has 2 unspecified atom stereocenters. The topological polar surface area (TPSA) is 91.6 Å². The zero-order valence-electron chi connectivity index (χ0n) is 12.0. The highest BCUT2D eigenvalue weighted by Crippen LogP contribution is 2.30. The highest BCUT2D eigenvalue weighted by molar-refractivity contribution is 5.93. The van der Waals surface area contributed by atoms with Crippen LogP contribution in [-0.4, -0.2) is 36.6 Å². The van der Waals surface area contributed by atoms with Gasteiger partial charge in [0.2, 0.25) is 5.91 Å². The molecular formula is C15H22N2O4. The number of aliphatic hydroxyl groups is 1. The Balaban J connectivity index is 1.60. The van der Waals surface area contributed by atoms with Gasteiger partial charge in [0.1, 0.15) is 6.26 Å². The lowest BCUT2D eigenvalue weighted by atomic mass is 9.97. The second kappa shape index (κ2) is 7.83. The Labute approximate surface area is 123 Å². The van der Waals surface area contributed by atoms with Crippen LogP contribution in [0.4, 0.5) is 0 Å². The SMILES string of the molecule is O=C(CCNC(=O)c1ccoc1)NCC1CCCC1CO. The van der Waals surface area contributed by atoms with Gasteiger partial charge in [-0.2, -0.15) is 0 Å². The number of carbonyl (C=O) groups is 2. The third-order valence-corrected chi connectivity index (χ3v) is 4.03. The number of hydrogen-bond donors (Lipinski definition) is 3. The van der Waals surface area contributed by atoms with E-state index in [1.165, 1.54) is 12.5 Å². The zero-order valence-corrected chi connectivity index (χ0v) is 12.0. The maximum absolute atomic E-state index is 11.7. The van der Waals surface area contributed by atoms with Crippen molar-refractivity contribution in [1.82, 2.24) is 10.6 Å². The predicted octanol–water partition coefficient (Wildman–Crippen LogP) is 0.924. The Morgan fingerprint density at radius 3 is 2.81 bits per heavy atom. The normalized spacial score (nSPS) is 21.2. The molecule has 1 heterocycles. The van der Waals surface area contributed by atoms with Gasteiger partial charge < -0.3 is 20.2 Å². The van der Waals surface area contributed by atoms with Crippen LogP contribution in [0.5, 0.6) is 0 Å². The Kier molecular flexibility index (Phi) is 5.80. The van der Waals surface area contributed by atoms with Gasteiger partial charge in [-0.1, -0.05) is 6.42 Å². The first-order chi connectivity index (χ1) is 10.2. The molecule has 1 aromatic rings. The summed E-state index contributed by atoms with van der Waals surface area (Å²) < 4.78 is 4.82. The van der Waals surface area contributed by atoms with Gasteiger partial charge in [0.25, 0.3) is 5.91 Å². The minimum Gasteiger partial charge on any atom is -0.472 e. The van der Waals surface area contributed by atoms with Crippen molar-refractivity contribution in [2.24, 2.45) is 11.8 Å². The van der Waals surface area contributed by atoms with Crippen LogP contribution in [0.15, 0.2) is 23.0 Å². The molecule has 21 heavy (non-hydrogen) atoms. The van der Waals surface area contributed by atoms with Crippen molar-refractivity contribution >= 4 is 11.8 Å². The van der Waals surface area contributed by atoms with Gasteiger partial charge in [-0.3, -0.25) is 9.59 Å². The van der Waals surface area contributed by atoms with Crippen LogP contribution in [0.3, 0.4) is 0 Å². The predicted molar refractivity (Wildman–Crippen MR) is 76.6 cm³/mol. The molecule has 0 radical (unpaired) electrons. The van der Waals surface area contributed by atoms with E-state index in [9.17, 15) is 14.7 Å². The summed E-state index contributed by atoms with van der Waals surface area (Å²) in [5, 5.41) is 14.8. The first-order valence-electron chi connectivity index (χ1n) is 7.38. The van der Waals surface area contributed by atoms with Crippen molar-refractivity contribution in [3.8, 4) is 0 Å². The molecule has 1 aliphatic carbocycles. The fourth-order valence-electron chi connectivity index (χ4n) is 2.74. The van der Waals surface area contributed by atoms with Crippen molar-refractivity contribution in [3.05, 3.63) is 24.2 Å². The quantitative estimate of drug-likeness (QED) is 0.697. The van der Waals surface area contributed by atoms with E-state index in [0.717, 1.165) is 19.3 Å². The average Bonchev–Trinajstić information content (AvgIpc) is 3.15. The van der Waals surface area contributed by atoms with Crippen LogP contribution < -0.4 is 10.6 Å². The number of nitrogens with one attached hydrogen (secondary N) is 2. The Morgan fingerprint density at radius 1 is 1.29 bits per heavy atom. The lowest BCUT2D eigenvalue weighted by molar-refractivity contribution is -0.121. The van der Waals surface area contributed by atoms with Gasteiger partial charge in [-0.15, -0.1) is 0 Å². The highest BCUT2D eigenvalue weighted by Gasteiger charge is 2.26. The van der Waals surface area contributed by atoms with Crippen LogP contribution in [-0.2, 0) is 4.79 Å². The van der Waals surface area contributed by atoms with Crippen molar-refractivity contribution in [3.63, 3.8) is 0 Å². The number of furan rings is 1. The fraction of sp³-hybridized carbons (Fsp3) is 0.600. The molecule has 6 nitrogen and oxygen atoms in total. The highest BCUT2D eigenvalue weighted by atomic mass is 16.3. The first kappa shape index (κ1) is 15.6. The molecule has 1 aromatic heterocycles. The molecule has 0 spiro atoms.